The van der Waals surface area contributed by atoms with Gasteiger partial charge in [0.25, 0.3) is 0 Å². The van der Waals surface area contributed by atoms with Crippen molar-refractivity contribution in [3.63, 3.8) is 0 Å². The van der Waals surface area contributed by atoms with Crippen LogP contribution in [0.1, 0.15) is 20.3 Å². The highest BCUT2D eigenvalue weighted by Crippen LogP contribution is 2.04. The zero-order chi connectivity index (χ0) is 10.3. The summed E-state index contributed by atoms with van der Waals surface area (Å²) in [6.45, 7) is 5.94. The molecule has 0 saturated carbocycles. The van der Waals surface area contributed by atoms with Crippen molar-refractivity contribution in [1.29, 1.82) is 0 Å². The smallest absolute Gasteiger partial charge is 0.321 e. The fraction of sp³-hybridized carbons (Fsp3) is 0.889. The average Bonchev–Trinajstić information content (AvgIpc) is 2.11. The monoisotopic (exact) mass is 189 g/mol. The quantitative estimate of drug-likeness (QED) is 0.644. The largest absolute Gasteiger partial charge is 0.480 e. The van der Waals surface area contributed by atoms with Gasteiger partial charge in [0.1, 0.15) is 6.04 Å². The molecule has 0 amide bonds. The van der Waals surface area contributed by atoms with Crippen LogP contribution in [-0.4, -0.2) is 48.8 Å². The van der Waals surface area contributed by atoms with E-state index >= 15 is 0 Å². The molecule has 1 unspecified atom stereocenters. The van der Waals surface area contributed by atoms with Gasteiger partial charge in [-0.25, -0.2) is 0 Å². The van der Waals surface area contributed by atoms with Gasteiger partial charge in [0.15, 0.2) is 0 Å². The summed E-state index contributed by atoms with van der Waals surface area (Å²) in [5.41, 5.74) is 0. The first-order valence-corrected chi connectivity index (χ1v) is 4.63. The highest BCUT2D eigenvalue weighted by molar-refractivity contribution is 5.73. The van der Waals surface area contributed by atoms with Gasteiger partial charge in [0.05, 0.1) is 0 Å². The van der Waals surface area contributed by atoms with Crippen LogP contribution < -0.4 is 0 Å². The predicted octanol–water partition coefficient (Wildman–Crippen LogP) is 0.818. The van der Waals surface area contributed by atoms with Crippen molar-refractivity contribution in [1.82, 2.24) is 4.90 Å². The van der Waals surface area contributed by atoms with Crippen LogP contribution in [0, 0.1) is 0 Å². The lowest BCUT2D eigenvalue weighted by atomic mass is 10.2. The Morgan fingerprint density at radius 2 is 2.00 bits per heavy atom. The molecule has 0 saturated heterocycles. The fourth-order valence-corrected chi connectivity index (χ4v) is 1.36. The number of nitrogens with zero attached hydrogens (tertiary/aromatic N) is 1. The van der Waals surface area contributed by atoms with Crippen LogP contribution in [0.4, 0.5) is 0 Å². The molecule has 0 aromatic rings. The third-order valence-corrected chi connectivity index (χ3v) is 2.13. The van der Waals surface area contributed by atoms with Crippen molar-refractivity contribution in [3.8, 4) is 0 Å². The predicted molar refractivity (Wildman–Crippen MR) is 50.8 cm³/mol. The first kappa shape index (κ1) is 12.4. The number of hydrogen-bond donors (Lipinski definition) is 1. The molecule has 0 aliphatic rings. The molecule has 1 atom stereocenters. The normalized spacial score (nSPS) is 13.2. The molecule has 0 radical (unpaired) electrons. The summed E-state index contributed by atoms with van der Waals surface area (Å²) in [5.74, 6) is -0.763. The number of carboxylic acids is 1. The number of likely N-dealkylation sites (N-methyl/N-ethyl adjacent to an activating group) is 1. The first-order chi connectivity index (χ1) is 6.17. The van der Waals surface area contributed by atoms with Gasteiger partial charge in [0, 0.05) is 13.7 Å². The number of hydrogen-bond acceptors (Lipinski definition) is 3. The lowest BCUT2D eigenvalue weighted by Gasteiger charge is -2.25. The molecule has 0 fully saturated rings. The van der Waals surface area contributed by atoms with Crippen molar-refractivity contribution < 1.29 is 14.6 Å². The number of rotatable bonds is 7. The SMILES string of the molecule is CCN(CC)C(CCOC)C(=O)O. The van der Waals surface area contributed by atoms with E-state index in [1.165, 1.54) is 0 Å². The Hall–Kier alpha value is -0.610. The third-order valence-electron chi connectivity index (χ3n) is 2.13. The summed E-state index contributed by atoms with van der Waals surface area (Å²) < 4.78 is 4.87. The van der Waals surface area contributed by atoms with Crippen LogP contribution in [0.15, 0.2) is 0 Å². The maximum Gasteiger partial charge on any atom is 0.321 e. The molecule has 0 rings (SSSR count). The van der Waals surface area contributed by atoms with Gasteiger partial charge in [-0.05, 0) is 19.5 Å². The Bertz CT molecular complexity index is 146. The van der Waals surface area contributed by atoms with E-state index in [9.17, 15) is 4.79 Å². The molecule has 0 aromatic heterocycles. The van der Waals surface area contributed by atoms with E-state index in [2.05, 4.69) is 0 Å². The van der Waals surface area contributed by atoms with E-state index in [-0.39, 0.29) is 0 Å². The summed E-state index contributed by atoms with van der Waals surface area (Å²) in [6.07, 6.45) is 0.549. The van der Waals surface area contributed by atoms with Gasteiger partial charge in [0.2, 0.25) is 0 Å². The van der Waals surface area contributed by atoms with Crippen LogP contribution in [0.25, 0.3) is 0 Å². The molecular formula is C9H19NO3. The van der Waals surface area contributed by atoms with Crippen molar-refractivity contribution in [2.24, 2.45) is 0 Å². The number of carboxylic acid groups (broad SMARTS) is 1. The number of carbonyl (C=O) groups is 1. The number of ether oxygens (including phenoxy) is 1. The minimum atomic E-state index is -0.763. The van der Waals surface area contributed by atoms with E-state index in [1.807, 2.05) is 18.7 Å². The van der Waals surface area contributed by atoms with Crippen molar-refractivity contribution in [2.75, 3.05) is 26.8 Å². The molecule has 0 spiro atoms. The summed E-state index contributed by atoms with van der Waals surface area (Å²) in [4.78, 5) is 12.8. The lowest BCUT2D eigenvalue weighted by molar-refractivity contribution is -0.143. The molecule has 0 aliphatic heterocycles. The second-order valence-corrected chi connectivity index (χ2v) is 2.86. The zero-order valence-electron chi connectivity index (χ0n) is 8.62. The van der Waals surface area contributed by atoms with Gasteiger partial charge < -0.3 is 9.84 Å². The lowest BCUT2D eigenvalue weighted by Crippen LogP contribution is -2.41. The van der Waals surface area contributed by atoms with E-state index < -0.39 is 12.0 Å². The third kappa shape index (κ3) is 4.24. The Kier molecular flexibility index (Phi) is 6.54. The topological polar surface area (TPSA) is 49.8 Å². The Balaban J connectivity index is 4.12. The summed E-state index contributed by atoms with van der Waals surface area (Å²) in [6, 6.07) is -0.407. The Morgan fingerprint density at radius 3 is 2.31 bits per heavy atom. The number of aliphatic carboxylic acids is 1. The Morgan fingerprint density at radius 1 is 1.46 bits per heavy atom. The van der Waals surface area contributed by atoms with Gasteiger partial charge in [-0.2, -0.15) is 0 Å². The molecule has 4 nitrogen and oxygen atoms in total. The van der Waals surface area contributed by atoms with Gasteiger partial charge >= 0.3 is 5.97 Å². The van der Waals surface area contributed by atoms with Gasteiger partial charge in [-0.15, -0.1) is 0 Å². The van der Waals surface area contributed by atoms with E-state index in [4.69, 9.17) is 9.84 Å². The average molecular weight is 189 g/mol. The first-order valence-electron chi connectivity index (χ1n) is 4.63. The minimum absolute atomic E-state index is 0.407. The molecule has 0 aromatic carbocycles. The van der Waals surface area contributed by atoms with E-state index in [0.717, 1.165) is 13.1 Å². The highest BCUT2D eigenvalue weighted by Gasteiger charge is 2.22. The van der Waals surface area contributed by atoms with Crippen LogP contribution in [0.3, 0.4) is 0 Å². The van der Waals surface area contributed by atoms with Crippen molar-refractivity contribution >= 4 is 5.97 Å². The summed E-state index contributed by atoms with van der Waals surface area (Å²) in [5, 5.41) is 8.94. The maximum absolute atomic E-state index is 10.9. The molecule has 0 aliphatic carbocycles. The van der Waals surface area contributed by atoms with Crippen LogP contribution in [0.2, 0.25) is 0 Å². The minimum Gasteiger partial charge on any atom is -0.480 e. The van der Waals surface area contributed by atoms with Crippen LogP contribution in [-0.2, 0) is 9.53 Å². The zero-order valence-corrected chi connectivity index (χ0v) is 8.62. The molecule has 0 bridgehead atoms. The standard InChI is InChI=1S/C9H19NO3/c1-4-10(5-2)8(9(11)12)6-7-13-3/h8H,4-7H2,1-3H3,(H,11,12). The fourth-order valence-electron chi connectivity index (χ4n) is 1.36. The van der Waals surface area contributed by atoms with Crippen molar-refractivity contribution in [2.45, 2.75) is 26.3 Å². The van der Waals surface area contributed by atoms with Crippen LogP contribution >= 0.6 is 0 Å². The summed E-state index contributed by atoms with van der Waals surface area (Å²) in [7, 11) is 1.58. The second-order valence-electron chi connectivity index (χ2n) is 2.86. The molecule has 4 heteroatoms. The Labute approximate surface area is 79.5 Å². The van der Waals surface area contributed by atoms with E-state index in [0.29, 0.717) is 13.0 Å². The van der Waals surface area contributed by atoms with Crippen LogP contribution in [0.5, 0.6) is 0 Å². The molecular weight excluding hydrogens is 170 g/mol. The highest BCUT2D eigenvalue weighted by atomic mass is 16.5. The molecule has 1 N–H and O–H groups in total. The summed E-state index contributed by atoms with van der Waals surface area (Å²) >= 11 is 0. The van der Waals surface area contributed by atoms with Crippen molar-refractivity contribution in [3.05, 3.63) is 0 Å². The molecule has 78 valence electrons. The van der Waals surface area contributed by atoms with Gasteiger partial charge in [-0.3, -0.25) is 9.69 Å². The maximum atomic E-state index is 10.9. The molecule has 0 heterocycles. The number of methoxy groups -OCH3 is 1. The van der Waals surface area contributed by atoms with Gasteiger partial charge in [-0.1, -0.05) is 13.8 Å². The second kappa shape index (κ2) is 6.86. The van der Waals surface area contributed by atoms with E-state index in [1.54, 1.807) is 7.11 Å². The molecule has 13 heavy (non-hydrogen) atoms.